The second-order valence-corrected chi connectivity index (χ2v) is 3.67. The van der Waals surface area contributed by atoms with E-state index in [0.717, 1.165) is 25.3 Å². The number of para-hydroxylation sites is 1. The highest BCUT2D eigenvalue weighted by molar-refractivity contribution is 5.85. The lowest BCUT2D eigenvalue weighted by Crippen LogP contribution is -2.62. The fourth-order valence-electron chi connectivity index (χ4n) is 1.97. The first-order valence-electron chi connectivity index (χ1n) is 4.36. The molecule has 3 heteroatoms. The molecule has 1 spiro atoms. The first kappa shape index (κ1) is 8.85. The molecule has 0 saturated carbocycles. The Morgan fingerprint density at radius 2 is 2.00 bits per heavy atom. The molecule has 13 heavy (non-hydrogen) atoms. The van der Waals surface area contributed by atoms with E-state index in [0.29, 0.717) is 0 Å². The third-order valence-corrected chi connectivity index (χ3v) is 2.71. The number of ether oxygens (including phenoxy) is 1. The van der Waals surface area contributed by atoms with Crippen LogP contribution < -0.4 is 10.1 Å². The molecule has 1 aromatic rings. The molecule has 2 heterocycles. The van der Waals surface area contributed by atoms with Gasteiger partial charge in [0.15, 0.2) is 0 Å². The highest BCUT2D eigenvalue weighted by atomic mass is 35.5. The number of hydrogen-bond acceptors (Lipinski definition) is 2. The number of halogens is 1. The zero-order valence-corrected chi connectivity index (χ0v) is 8.06. The Morgan fingerprint density at radius 1 is 1.23 bits per heavy atom. The van der Waals surface area contributed by atoms with Gasteiger partial charge in [-0.3, -0.25) is 0 Å². The summed E-state index contributed by atoms with van der Waals surface area (Å²) in [5.41, 5.74) is 1.47. The van der Waals surface area contributed by atoms with Crippen LogP contribution in [0.3, 0.4) is 0 Å². The van der Waals surface area contributed by atoms with Crippen molar-refractivity contribution in [2.24, 2.45) is 0 Å². The topological polar surface area (TPSA) is 21.3 Å². The van der Waals surface area contributed by atoms with Crippen LogP contribution in [0.1, 0.15) is 5.56 Å². The molecular weight excluding hydrogens is 186 g/mol. The van der Waals surface area contributed by atoms with Crippen molar-refractivity contribution in [3.63, 3.8) is 0 Å². The van der Waals surface area contributed by atoms with Crippen LogP contribution in [0.4, 0.5) is 0 Å². The maximum absolute atomic E-state index is 5.87. The predicted molar refractivity (Wildman–Crippen MR) is 53.6 cm³/mol. The van der Waals surface area contributed by atoms with Gasteiger partial charge in [0, 0.05) is 19.5 Å². The summed E-state index contributed by atoms with van der Waals surface area (Å²) >= 11 is 0. The number of nitrogens with one attached hydrogen (secondary N) is 1. The van der Waals surface area contributed by atoms with E-state index in [-0.39, 0.29) is 18.0 Å². The van der Waals surface area contributed by atoms with E-state index in [9.17, 15) is 0 Å². The molecule has 0 unspecified atom stereocenters. The summed E-state index contributed by atoms with van der Waals surface area (Å²) in [6, 6.07) is 8.32. The number of fused-ring (bicyclic) bond motifs is 1. The molecule has 2 aliphatic rings. The third-order valence-electron chi connectivity index (χ3n) is 2.71. The summed E-state index contributed by atoms with van der Waals surface area (Å²) in [7, 11) is 0. The van der Waals surface area contributed by atoms with Gasteiger partial charge in [0.25, 0.3) is 0 Å². The monoisotopic (exact) mass is 197 g/mol. The van der Waals surface area contributed by atoms with Crippen molar-refractivity contribution in [1.29, 1.82) is 0 Å². The second-order valence-electron chi connectivity index (χ2n) is 3.67. The molecule has 1 fully saturated rings. The summed E-state index contributed by atoms with van der Waals surface area (Å²) in [4.78, 5) is 0. The first-order chi connectivity index (χ1) is 5.88. The number of hydrogen-bond donors (Lipinski definition) is 1. The summed E-state index contributed by atoms with van der Waals surface area (Å²) in [5, 5.41) is 3.25. The lowest BCUT2D eigenvalue weighted by molar-refractivity contribution is 0.0386. The van der Waals surface area contributed by atoms with Gasteiger partial charge in [0.05, 0.1) is 0 Å². The van der Waals surface area contributed by atoms with E-state index in [4.69, 9.17) is 4.74 Å². The van der Waals surface area contributed by atoms with Crippen LogP contribution in [-0.2, 0) is 6.42 Å². The molecule has 1 saturated heterocycles. The SMILES string of the molecule is Cl.c1ccc2c(c1)CC1(CNC1)O2. The van der Waals surface area contributed by atoms with Crippen LogP contribution in [0.2, 0.25) is 0 Å². The minimum atomic E-state index is 0. The Labute approximate surface area is 83.7 Å². The lowest BCUT2D eigenvalue weighted by atomic mass is 9.91. The minimum absolute atomic E-state index is 0. The summed E-state index contributed by atoms with van der Waals surface area (Å²) in [6.45, 7) is 2.00. The molecule has 0 atom stereocenters. The molecule has 3 rings (SSSR count). The van der Waals surface area contributed by atoms with Gasteiger partial charge < -0.3 is 10.1 Å². The summed E-state index contributed by atoms with van der Waals surface area (Å²) < 4.78 is 5.87. The van der Waals surface area contributed by atoms with Crippen molar-refractivity contribution in [3.8, 4) is 5.75 Å². The first-order valence-corrected chi connectivity index (χ1v) is 4.36. The highest BCUT2D eigenvalue weighted by Gasteiger charge is 2.44. The fraction of sp³-hybridized carbons (Fsp3) is 0.400. The standard InChI is InChI=1S/C10H11NO.ClH/c1-2-4-9-8(3-1)5-10(12-9)6-11-7-10;/h1-4,11H,5-7H2;1H. The molecule has 1 aromatic carbocycles. The zero-order chi connectivity index (χ0) is 8.02. The average molecular weight is 198 g/mol. The van der Waals surface area contributed by atoms with Gasteiger partial charge in [-0.1, -0.05) is 18.2 Å². The van der Waals surface area contributed by atoms with Crippen LogP contribution in [-0.4, -0.2) is 18.7 Å². The Hall–Kier alpha value is -0.730. The van der Waals surface area contributed by atoms with Gasteiger partial charge in [-0.15, -0.1) is 12.4 Å². The molecular formula is C10H12ClNO. The molecule has 0 bridgehead atoms. The molecule has 2 nitrogen and oxygen atoms in total. The van der Waals surface area contributed by atoms with Crippen LogP contribution in [0.25, 0.3) is 0 Å². The van der Waals surface area contributed by atoms with Gasteiger partial charge in [-0.05, 0) is 11.6 Å². The molecule has 70 valence electrons. The van der Waals surface area contributed by atoms with E-state index >= 15 is 0 Å². The Kier molecular flexibility index (Phi) is 1.97. The lowest BCUT2D eigenvalue weighted by Gasteiger charge is -2.38. The van der Waals surface area contributed by atoms with Crippen molar-refractivity contribution in [3.05, 3.63) is 29.8 Å². The molecule has 0 aromatic heterocycles. The van der Waals surface area contributed by atoms with Gasteiger partial charge in [-0.2, -0.15) is 0 Å². The maximum Gasteiger partial charge on any atom is 0.138 e. The smallest absolute Gasteiger partial charge is 0.138 e. The van der Waals surface area contributed by atoms with Gasteiger partial charge in [-0.25, -0.2) is 0 Å². The highest BCUT2D eigenvalue weighted by Crippen LogP contribution is 2.36. The maximum atomic E-state index is 5.87. The predicted octanol–water partition coefficient (Wildman–Crippen LogP) is 1.39. The molecule has 0 radical (unpaired) electrons. The van der Waals surface area contributed by atoms with Gasteiger partial charge in [0.1, 0.15) is 11.4 Å². The van der Waals surface area contributed by atoms with E-state index in [2.05, 4.69) is 23.5 Å². The molecule has 0 aliphatic carbocycles. The van der Waals surface area contributed by atoms with Crippen molar-refractivity contribution in [1.82, 2.24) is 5.32 Å². The molecule has 0 amide bonds. The van der Waals surface area contributed by atoms with E-state index in [1.807, 2.05) is 6.07 Å². The van der Waals surface area contributed by atoms with Crippen LogP contribution >= 0.6 is 12.4 Å². The van der Waals surface area contributed by atoms with Gasteiger partial charge in [0.2, 0.25) is 0 Å². The van der Waals surface area contributed by atoms with Crippen molar-refractivity contribution >= 4 is 12.4 Å². The van der Waals surface area contributed by atoms with E-state index in [1.165, 1.54) is 5.56 Å². The van der Waals surface area contributed by atoms with Crippen LogP contribution in [0, 0.1) is 0 Å². The molecule has 2 aliphatic heterocycles. The van der Waals surface area contributed by atoms with Crippen molar-refractivity contribution < 1.29 is 4.74 Å². The summed E-state index contributed by atoms with van der Waals surface area (Å²) in [5.74, 6) is 1.08. The molecule has 1 N–H and O–H groups in total. The average Bonchev–Trinajstić information content (AvgIpc) is 2.42. The normalized spacial score (nSPS) is 21.2. The van der Waals surface area contributed by atoms with E-state index < -0.39 is 0 Å². The second kappa shape index (κ2) is 2.89. The van der Waals surface area contributed by atoms with Crippen molar-refractivity contribution in [2.45, 2.75) is 12.0 Å². The largest absolute Gasteiger partial charge is 0.484 e. The zero-order valence-electron chi connectivity index (χ0n) is 7.25. The fourth-order valence-corrected chi connectivity index (χ4v) is 1.97. The minimum Gasteiger partial charge on any atom is -0.484 e. The van der Waals surface area contributed by atoms with Crippen LogP contribution in [0.15, 0.2) is 24.3 Å². The van der Waals surface area contributed by atoms with Crippen molar-refractivity contribution in [2.75, 3.05) is 13.1 Å². The summed E-state index contributed by atoms with van der Waals surface area (Å²) in [6.07, 6.45) is 1.08. The quantitative estimate of drug-likeness (QED) is 0.679. The Morgan fingerprint density at radius 3 is 2.62 bits per heavy atom. The van der Waals surface area contributed by atoms with E-state index in [1.54, 1.807) is 0 Å². The Bertz CT molecular complexity index is 295. The number of benzene rings is 1. The van der Waals surface area contributed by atoms with Crippen LogP contribution in [0.5, 0.6) is 5.75 Å². The third kappa shape index (κ3) is 1.21. The Balaban J connectivity index is 0.000000653. The number of rotatable bonds is 0. The van der Waals surface area contributed by atoms with Gasteiger partial charge >= 0.3 is 0 Å².